The largest absolute Gasteiger partial charge is 0.489 e. The third-order valence-corrected chi connectivity index (χ3v) is 30.5. The quantitative estimate of drug-likeness (QED) is 0.0590. The van der Waals surface area contributed by atoms with Crippen molar-refractivity contribution >= 4 is 79.0 Å². The van der Waals surface area contributed by atoms with Crippen molar-refractivity contribution in [2.45, 2.75) is 230 Å². The number of rotatable bonds is 23. The molecule has 7 fully saturated rings. The zero-order chi connectivity index (χ0) is 104. The average Bonchev–Trinajstić information content (AvgIpc) is 1.64. The van der Waals surface area contributed by atoms with Crippen LogP contribution in [0.1, 0.15) is 252 Å². The van der Waals surface area contributed by atoms with Crippen molar-refractivity contribution in [2.24, 2.45) is 11.8 Å². The molecule has 9 heterocycles. The van der Waals surface area contributed by atoms with E-state index < -0.39 is 5.60 Å². The first-order valence-corrected chi connectivity index (χ1v) is 53.7. The number of ether oxygens (including phenoxy) is 3. The van der Waals surface area contributed by atoms with Gasteiger partial charge in [0.25, 0.3) is 5.91 Å². The number of likely N-dealkylation sites (tertiary alicyclic amines) is 4. The van der Waals surface area contributed by atoms with Crippen LogP contribution in [-0.4, -0.2) is 168 Å². The molecule has 4 saturated heterocycles. The maximum Gasteiger partial charge on any atom is 0.410 e. The Balaban J connectivity index is 0.000000119. The van der Waals surface area contributed by atoms with Gasteiger partial charge in [0.05, 0.1) is 68.4 Å². The standard InChI is InChI=1S/C30H32FN3O4.C26H30FN3O.C24H28FN3O2.C23H24FN3O.C20H21FN2/c1-37-16-15-34-27-8-3-2-7-26(27)32-29(34)22-11-13-33(14-12-22)30(36)23-9-10-28(24(18-23)19-35)38-20-21-5-4-6-25(31)17-21;27-22-10-6-7-19(17-22)18-30-24-12-5-4-11-23(24)28-25(30)20-13-15-29(16-14-20)26(31)21-8-2-1-3-9-21;1-24(2,3)30-23(29)27-13-11-18(12-14-27)22-26-20-9-4-5-10-21(20)28(22)16-17-7-6-8-19(25)15-17;24-19-5-3-4-16(14-19)15-27-21-7-2-1-6-20(21)25-22(27)17-10-12-26(13-11-17)23(28)18-8-9-18;21-17-10-6-7-15(13-17)14-23-19-12-5-4-11-18(19)22-20(23)16-8-2-1-3-9-16/h2-10,17-18,22,35H,11-16,19-20H2,1H3;4-7,10-12,17,20-21H,1-3,8-9,13-16,18H2;4-10,15,18H,11-14,16H2,1-3H3;1-7,14,17-18H,8-13,15H2;4-7,10-13,16H,1-3,8-9,14H2. The molecule has 4 amide bonds. The van der Waals surface area contributed by atoms with Gasteiger partial charge in [-0.05, 0) is 278 Å². The number of hydrogen-bond donors (Lipinski definition) is 1. The van der Waals surface area contributed by atoms with E-state index in [1.54, 1.807) is 90.9 Å². The number of halogens is 5. The van der Waals surface area contributed by atoms with Crippen molar-refractivity contribution in [3.8, 4) is 5.75 Å². The summed E-state index contributed by atoms with van der Waals surface area (Å²) in [5.74, 6) is 7.51. The number of aromatic nitrogens is 10. The van der Waals surface area contributed by atoms with Gasteiger partial charge < -0.3 is 61.8 Å². The summed E-state index contributed by atoms with van der Waals surface area (Å²) < 4.78 is 96.0. The molecular weight excluding hydrogens is 1900 g/mol. The van der Waals surface area contributed by atoms with E-state index in [9.17, 15) is 46.2 Å². The Bertz CT molecular complexity index is 7340. The molecule has 11 aromatic carbocycles. The van der Waals surface area contributed by atoms with Crippen LogP contribution < -0.4 is 4.74 Å². The van der Waals surface area contributed by atoms with Gasteiger partial charge in [0.15, 0.2) is 0 Å². The molecule has 0 spiro atoms. The lowest BCUT2D eigenvalue weighted by atomic mass is 9.87. The molecule has 3 aliphatic carbocycles. The smallest absolute Gasteiger partial charge is 0.410 e. The second-order valence-electron chi connectivity index (χ2n) is 42.2. The van der Waals surface area contributed by atoms with E-state index >= 15 is 0 Å². The van der Waals surface area contributed by atoms with Crippen LogP contribution in [0.15, 0.2) is 261 Å². The number of benzene rings is 11. The molecule has 7 aliphatic rings. The zero-order valence-corrected chi connectivity index (χ0v) is 86.3. The highest BCUT2D eigenvalue weighted by Gasteiger charge is 2.39. The zero-order valence-electron chi connectivity index (χ0n) is 86.3. The molecule has 0 bridgehead atoms. The number of amides is 4. The molecule has 5 aromatic heterocycles. The SMILES string of the molecule is CC(C)(C)OC(=O)N1CCC(c2nc3ccccc3n2Cc2cccc(F)c2)CC1.COCCn1c(C2CCN(C(=O)c3ccc(OCc4cccc(F)c4)c(CO)c3)CC2)nc2ccccc21.Fc1cccc(Cn2c(C3CCCCC3)nc3ccccc32)c1.O=C(C1CC1)N1CCC(c2nc3ccccc3n2Cc2cccc(F)c2)CC1.O=C(C1CCCCC1)N1CCC(c2nc3ccccc3n2Cc2cccc(F)c2)CC1. The molecule has 780 valence electrons. The van der Waals surface area contributed by atoms with Crippen LogP contribution in [0.25, 0.3) is 55.2 Å². The summed E-state index contributed by atoms with van der Waals surface area (Å²) in [6.45, 7) is 15.1. The molecule has 0 unspecified atom stereocenters. The van der Waals surface area contributed by atoms with Crippen molar-refractivity contribution in [1.82, 2.24) is 67.4 Å². The van der Waals surface area contributed by atoms with Gasteiger partial charge in [0, 0.05) is 145 Å². The molecule has 22 nitrogen and oxygen atoms in total. The van der Waals surface area contributed by atoms with Gasteiger partial charge in [-0.2, -0.15) is 0 Å². The third kappa shape index (κ3) is 25.7. The van der Waals surface area contributed by atoms with Crippen LogP contribution in [0, 0.1) is 40.9 Å². The van der Waals surface area contributed by atoms with Crippen molar-refractivity contribution in [3.05, 3.63) is 358 Å². The Morgan fingerprint density at radius 2 is 0.640 bits per heavy atom. The van der Waals surface area contributed by atoms with Crippen molar-refractivity contribution in [1.29, 1.82) is 0 Å². The summed E-state index contributed by atoms with van der Waals surface area (Å²) in [7, 11) is 1.70. The monoisotopic (exact) mass is 2030 g/mol. The normalized spacial score (nSPS) is 16.4. The molecular formula is C123H135F5N14O8. The van der Waals surface area contributed by atoms with Gasteiger partial charge in [-0.15, -0.1) is 0 Å². The van der Waals surface area contributed by atoms with Crippen LogP contribution in [0.4, 0.5) is 26.7 Å². The second kappa shape index (κ2) is 48.6. The Morgan fingerprint density at radius 1 is 0.333 bits per heavy atom. The van der Waals surface area contributed by atoms with Crippen LogP contribution in [0.2, 0.25) is 0 Å². The van der Waals surface area contributed by atoms with E-state index in [0.29, 0.717) is 111 Å². The van der Waals surface area contributed by atoms with Gasteiger partial charge in [0.1, 0.15) is 76.2 Å². The van der Waals surface area contributed by atoms with Gasteiger partial charge in [-0.25, -0.2) is 51.7 Å². The molecule has 4 aliphatic heterocycles. The summed E-state index contributed by atoms with van der Waals surface area (Å²) in [6, 6.07) is 79.3. The number of para-hydroxylation sites is 10. The van der Waals surface area contributed by atoms with Gasteiger partial charge in [-0.1, -0.05) is 160 Å². The number of aliphatic hydroxyl groups is 1. The Labute approximate surface area is 873 Å². The molecule has 16 aromatic rings. The number of carbonyl (C=O) groups is 4. The fourth-order valence-electron chi connectivity index (χ4n) is 22.6. The van der Waals surface area contributed by atoms with E-state index in [1.807, 2.05) is 134 Å². The lowest BCUT2D eigenvalue weighted by molar-refractivity contribution is -0.137. The molecule has 1 N–H and O–H groups in total. The van der Waals surface area contributed by atoms with Crippen LogP contribution in [0.3, 0.4) is 0 Å². The average molecular weight is 2030 g/mol. The summed E-state index contributed by atoms with van der Waals surface area (Å²) >= 11 is 0. The molecule has 3 saturated carbocycles. The Hall–Kier alpha value is -14.2. The molecule has 0 atom stereocenters. The first-order chi connectivity index (χ1) is 73.0. The van der Waals surface area contributed by atoms with Crippen LogP contribution >= 0.6 is 0 Å². The topological polar surface area (TPSA) is 218 Å². The molecule has 0 radical (unpaired) electrons. The summed E-state index contributed by atoms with van der Waals surface area (Å²) in [6.07, 6.45) is 21.0. The van der Waals surface area contributed by atoms with Gasteiger partial charge >= 0.3 is 6.09 Å². The molecule has 23 rings (SSSR count). The van der Waals surface area contributed by atoms with Crippen molar-refractivity contribution < 1.29 is 60.4 Å². The number of nitrogens with zero attached hydrogens (tertiary/aromatic N) is 14. The first-order valence-electron chi connectivity index (χ1n) is 53.7. The minimum absolute atomic E-state index is 0.0669. The van der Waals surface area contributed by atoms with E-state index in [1.165, 1.54) is 93.6 Å². The predicted octanol–water partition coefficient (Wildman–Crippen LogP) is 25.4. The van der Waals surface area contributed by atoms with E-state index in [4.69, 9.17) is 39.1 Å². The fourth-order valence-corrected chi connectivity index (χ4v) is 22.6. The summed E-state index contributed by atoms with van der Waals surface area (Å²) in [5.41, 5.74) is 15.4. The number of methoxy groups -OCH3 is 1. The maximum atomic E-state index is 13.8. The van der Waals surface area contributed by atoms with Crippen LogP contribution in [-0.2, 0) is 65.0 Å². The highest BCUT2D eigenvalue weighted by atomic mass is 19.1. The second-order valence-corrected chi connectivity index (χ2v) is 42.2. The molecule has 150 heavy (non-hydrogen) atoms. The summed E-state index contributed by atoms with van der Waals surface area (Å²) in [4.78, 5) is 83.5. The predicted molar refractivity (Wildman–Crippen MR) is 576 cm³/mol. The van der Waals surface area contributed by atoms with E-state index in [0.717, 1.165) is 210 Å². The summed E-state index contributed by atoms with van der Waals surface area (Å²) in [5, 5.41) is 9.90. The Morgan fingerprint density at radius 3 is 0.980 bits per heavy atom. The first kappa shape index (κ1) is 104. The number of fused-ring (bicyclic) bond motifs is 5. The van der Waals surface area contributed by atoms with Crippen LogP contribution in [0.5, 0.6) is 5.75 Å². The Kier molecular flexibility index (Phi) is 33.8. The number of aliphatic hydroxyl groups excluding tert-OH is 1. The fraction of sp³-hybridized carbons (Fsp3) is 0.390. The highest BCUT2D eigenvalue weighted by molar-refractivity contribution is 5.95. The number of imidazole rings is 5. The maximum absolute atomic E-state index is 13.8. The number of piperidine rings is 4. The highest BCUT2D eigenvalue weighted by Crippen LogP contribution is 2.42. The van der Waals surface area contributed by atoms with Crippen molar-refractivity contribution in [2.75, 3.05) is 66.1 Å². The number of hydrogen-bond acceptors (Lipinski definition) is 13. The van der Waals surface area contributed by atoms with E-state index in [2.05, 4.69) is 70.2 Å². The minimum atomic E-state index is -0.493. The minimum Gasteiger partial charge on any atom is -0.489 e. The van der Waals surface area contributed by atoms with E-state index in [-0.39, 0.29) is 78.0 Å². The molecule has 27 heteroatoms. The third-order valence-electron chi connectivity index (χ3n) is 30.5. The van der Waals surface area contributed by atoms with Gasteiger partial charge in [0.2, 0.25) is 11.8 Å². The van der Waals surface area contributed by atoms with Gasteiger partial charge in [-0.3, -0.25) is 14.4 Å². The number of carbonyl (C=O) groups excluding carboxylic acids is 4. The lowest BCUT2D eigenvalue weighted by Crippen LogP contribution is -2.42. The van der Waals surface area contributed by atoms with Crippen molar-refractivity contribution in [3.63, 3.8) is 0 Å². The lowest BCUT2D eigenvalue weighted by Gasteiger charge is -2.35.